The summed E-state index contributed by atoms with van der Waals surface area (Å²) in [7, 11) is 2.98. The molecule has 1 rings (SSSR count). The van der Waals surface area contributed by atoms with E-state index in [4.69, 9.17) is 14.2 Å². The van der Waals surface area contributed by atoms with Crippen LogP contribution in [-0.4, -0.2) is 55.1 Å². The van der Waals surface area contributed by atoms with Crippen LogP contribution in [-0.2, 0) is 14.2 Å². The molecule has 13 heavy (non-hydrogen) atoms. The first kappa shape index (κ1) is 10.9. The standard InChI is InChI=1S/C8H16O5/c1-4-6(11-2)7(12-3)5(9)8(10)13-4/h4-10H,1-3H3. The molecule has 2 N–H and O–H groups in total. The first-order chi connectivity index (χ1) is 6.11. The molecule has 78 valence electrons. The highest BCUT2D eigenvalue weighted by Crippen LogP contribution is 2.23. The highest BCUT2D eigenvalue weighted by atomic mass is 16.7. The van der Waals surface area contributed by atoms with E-state index in [1.54, 1.807) is 6.92 Å². The van der Waals surface area contributed by atoms with Crippen molar-refractivity contribution < 1.29 is 24.4 Å². The van der Waals surface area contributed by atoms with E-state index in [9.17, 15) is 10.2 Å². The van der Waals surface area contributed by atoms with E-state index >= 15 is 0 Å². The van der Waals surface area contributed by atoms with E-state index in [-0.39, 0.29) is 12.2 Å². The largest absolute Gasteiger partial charge is 0.385 e. The number of aliphatic hydroxyl groups excluding tert-OH is 2. The Bertz CT molecular complexity index is 163. The molecule has 0 aliphatic carbocycles. The minimum absolute atomic E-state index is 0.298. The van der Waals surface area contributed by atoms with Gasteiger partial charge in [0.25, 0.3) is 0 Å². The summed E-state index contributed by atoms with van der Waals surface area (Å²) in [5, 5.41) is 18.7. The fourth-order valence-electron chi connectivity index (χ4n) is 1.60. The molecule has 0 aromatic heterocycles. The molecule has 5 atom stereocenters. The van der Waals surface area contributed by atoms with Crippen LogP contribution in [0, 0.1) is 0 Å². The molecule has 5 heteroatoms. The summed E-state index contributed by atoms with van der Waals surface area (Å²) in [6.07, 6.45) is -3.47. The molecule has 1 heterocycles. The van der Waals surface area contributed by atoms with Crippen LogP contribution in [0.25, 0.3) is 0 Å². The van der Waals surface area contributed by atoms with Gasteiger partial charge in [-0.2, -0.15) is 0 Å². The molecule has 1 aliphatic heterocycles. The quantitative estimate of drug-likeness (QED) is 0.594. The summed E-state index contributed by atoms with van der Waals surface area (Å²) in [5.74, 6) is 0. The van der Waals surface area contributed by atoms with Crippen molar-refractivity contribution in [3.05, 3.63) is 0 Å². The zero-order valence-corrected chi connectivity index (χ0v) is 8.01. The lowest BCUT2D eigenvalue weighted by atomic mass is 10.00. The van der Waals surface area contributed by atoms with E-state index in [0.29, 0.717) is 0 Å². The number of rotatable bonds is 2. The Kier molecular flexibility index (Phi) is 3.63. The highest BCUT2D eigenvalue weighted by Gasteiger charge is 2.43. The zero-order chi connectivity index (χ0) is 10.0. The predicted octanol–water partition coefficient (Wildman–Crippen LogP) is -0.886. The summed E-state index contributed by atoms with van der Waals surface area (Å²) in [5.41, 5.74) is 0. The van der Waals surface area contributed by atoms with Gasteiger partial charge in [-0.05, 0) is 6.92 Å². The molecule has 0 radical (unpaired) electrons. The number of ether oxygens (including phenoxy) is 3. The Hall–Kier alpha value is -0.200. The van der Waals surface area contributed by atoms with Crippen LogP contribution < -0.4 is 0 Å². The molecular weight excluding hydrogens is 176 g/mol. The van der Waals surface area contributed by atoms with Gasteiger partial charge in [-0.3, -0.25) is 0 Å². The van der Waals surface area contributed by atoms with Crippen molar-refractivity contribution in [1.82, 2.24) is 0 Å². The van der Waals surface area contributed by atoms with E-state index in [0.717, 1.165) is 0 Å². The number of hydrogen-bond acceptors (Lipinski definition) is 5. The Morgan fingerprint density at radius 1 is 1.08 bits per heavy atom. The van der Waals surface area contributed by atoms with Gasteiger partial charge < -0.3 is 24.4 Å². The van der Waals surface area contributed by atoms with E-state index in [2.05, 4.69) is 0 Å². The smallest absolute Gasteiger partial charge is 0.183 e. The molecule has 0 spiro atoms. The second kappa shape index (κ2) is 4.34. The fraction of sp³-hybridized carbons (Fsp3) is 1.00. The highest BCUT2D eigenvalue weighted by molar-refractivity contribution is 4.88. The lowest BCUT2D eigenvalue weighted by Gasteiger charge is -2.40. The second-order valence-corrected chi connectivity index (χ2v) is 3.12. The maximum absolute atomic E-state index is 9.48. The van der Waals surface area contributed by atoms with Crippen molar-refractivity contribution in [1.29, 1.82) is 0 Å². The van der Waals surface area contributed by atoms with Crippen LogP contribution in [0.2, 0.25) is 0 Å². The summed E-state index contributed by atoms with van der Waals surface area (Å²) in [6.45, 7) is 1.76. The van der Waals surface area contributed by atoms with Gasteiger partial charge >= 0.3 is 0 Å². The molecule has 0 amide bonds. The summed E-state index contributed by atoms with van der Waals surface area (Å²) in [6, 6.07) is 0. The minimum atomic E-state index is -1.20. The van der Waals surface area contributed by atoms with Crippen molar-refractivity contribution in [3.8, 4) is 0 Å². The number of methoxy groups -OCH3 is 2. The summed E-state index contributed by atoms with van der Waals surface area (Å²) < 4.78 is 15.2. The van der Waals surface area contributed by atoms with Crippen LogP contribution in [0.1, 0.15) is 6.92 Å². The predicted molar refractivity (Wildman–Crippen MR) is 44.2 cm³/mol. The van der Waals surface area contributed by atoms with E-state index in [1.807, 2.05) is 0 Å². The van der Waals surface area contributed by atoms with Crippen molar-refractivity contribution >= 4 is 0 Å². The van der Waals surface area contributed by atoms with Gasteiger partial charge in [-0.15, -0.1) is 0 Å². The second-order valence-electron chi connectivity index (χ2n) is 3.12. The maximum Gasteiger partial charge on any atom is 0.183 e. The lowest BCUT2D eigenvalue weighted by molar-refractivity contribution is -0.286. The molecular formula is C8H16O5. The van der Waals surface area contributed by atoms with Crippen molar-refractivity contribution in [2.75, 3.05) is 14.2 Å². The topological polar surface area (TPSA) is 68.2 Å². The van der Waals surface area contributed by atoms with Crippen molar-refractivity contribution in [2.24, 2.45) is 0 Å². The Morgan fingerprint density at radius 3 is 2.08 bits per heavy atom. The van der Waals surface area contributed by atoms with Crippen molar-refractivity contribution in [2.45, 2.75) is 37.6 Å². The molecule has 1 aliphatic rings. The van der Waals surface area contributed by atoms with Gasteiger partial charge in [0.2, 0.25) is 0 Å². The molecule has 0 aromatic carbocycles. The molecule has 1 fully saturated rings. The first-order valence-corrected chi connectivity index (χ1v) is 4.19. The Morgan fingerprint density at radius 2 is 1.62 bits per heavy atom. The summed E-state index contributed by atoms with van der Waals surface area (Å²) in [4.78, 5) is 0. The monoisotopic (exact) mass is 192 g/mol. The van der Waals surface area contributed by atoms with Crippen molar-refractivity contribution in [3.63, 3.8) is 0 Å². The third kappa shape index (κ3) is 2.00. The average molecular weight is 192 g/mol. The number of hydrogen-bond donors (Lipinski definition) is 2. The van der Waals surface area contributed by atoms with Gasteiger partial charge in [0.15, 0.2) is 6.29 Å². The first-order valence-electron chi connectivity index (χ1n) is 4.19. The fourth-order valence-corrected chi connectivity index (χ4v) is 1.60. The Labute approximate surface area is 77.2 Å². The normalized spacial score (nSPS) is 46.4. The SMILES string of the molecule is COC1C(C)OC(O)C(O)C1OC. The molecule has 5 unspecified atom stereocenters. The third-order valence-corrected chi connectivity index (χ3v) is 2.31. The average Bonchev–Trinajstić information content (AvgIpc) is 2.10. The van der Waals surface area contributed by atoms with E-state index in [1.165, 1.54) is 14.2 Å². The zero-order valence-electron chi connectivity index (χ0n) is 8.01. The Balaban J connectivity index is 2.71. The van der Waals surface area contributed by atoms with Gasteiger partial charge in [0.05, 0.1) is 6.10 Å². The summed E-state index contributed by atoms with van der Waals surface area (Å²) >= 11 is 0. The third-order valence-electron chi connectivity index (χ3n) is 2.31. The van der Waals surface area contributed by atoms with Gasteiger partial charge in [0.1, 0.15) is 18.3 Å². The van der Waals surface area contributed by atoms with Crippen LogP contribution in [0.3, 0.4) is 0 Å². The van der Waals surface area contributed by atoms with Crippen LogP contribution in [0.5, 0.6) is 0 Å². The molecule has 1 saturated heterocycles. The molecule has 0 bridgehead atoms. The van der Waals surface area contributed by atoms with Crippen LogP contribution in [0.4, 0.5) is 0 Å². The van der Waals surface area contributed by atoms with Crippen LogP contribution in [0.15, 0.2) is 0 Å². The molecule has 0 saturated carbocycles. The maximum atomic E-state index is 9.48. The lowest BCUT2D eigenvalue weighted by Crippen LogP contribution is -2.57. The van der Waals surface area contributed by atoms with Gasteiger partial charge in [0, 0.05) is 14.2 Å². The molecule has 5 nitrogen and oxygen atoms in total. The van der Waals surface area contributed by atoms with E-state index < -0.39 is 18.5 Å². The molecule has 0 aromatic rings. The van der Waals surface area contributed by atoms with Gasteiger partial charge in [-0.25, -0.2) is 0 Å². The minimum Gasteiger partial charge on any atom is -0.385 e. The van der Waals surface area contributed by atoms with Gasteiger partial charge in [-0.1, -0.05) is 0 Å². The van der Waals surface area contributed by atoms with Crippen LogP contribution >= 0.6 is 0 Å². The number of aliphatic hydroxyl groups is 2.